The molecule has 19 heavy (non-hydrogen) atoms. The fraction of sp³-hybridized carbons (Fsp3) is 0.867. The molecule has 0 aliphatic heterocycles. The van der Waals surface area contributed by atoms with Crippen molar-refractivity contribution < 1.29 is 9.59 Å². The molecule has 0 saturated heterocycles. The SMILES string of the molecule is CC(=O)C(NC(=O)CN(C)CC1CCCC1)C(C)C. The number of amides is 1. The second-order valence-electron chi connectivity index (χ2n) is 6.25. The van der Waals surface area contributed by atoms with Gasteiger partial charge in [0.1, 0.15) is 0 Å². The summed E-state index contributed by atoms with van der Waals surface area (Å²) in [6.07, 6.45) is 5.22. The third kappa shape index (κ3) is 5.72. The van der Waals surface area contributed by atoms with Crippen molar-refractivity contribution in [1.82, 2.24) is 10.2 Å². The Morgan fingerprint density at radius 1 is 1.26 bits per heavy atom. The van der Waals surface area contributed by atoms with E-state index in [0.29, 0.717) is 6.54 Å². The van der Waals surface area contributed by atoms with Gasteiger partial charge in [-0.1, -0.05) is 26.7 Å². The van der Waals surface area contributed by atoms with Crippen molar-refractivity contribution >= 4 is 11.7 Å². The van der Waals surface area contributed by atoms with Crippen LogP contribution in [-0.4, -0.2) is 42.8 Å². The molecule has 0 bridgehead atoms. The van der Waals surface area contributed by atoms with Gasteiger partial charge >= 0.3 is 0 Å². The third-order valence-corrected chi connectivity index (χ3v) is 3.88. The standard InChI is InChI=1S/C15H28N2O2/c1-11(2)15(12(3)18)16-14(19)10-17(4)9-13-7-5-6-8-13/h11,13,15H,5-10H2,1-4H3,(H,16,19). The number of hydrogen-bond donors (Lipinski definition) is 1. The Bertz CT molecular complexity index is 309. The van der Waals surface area contributed by atoms with E-state index in [0.717, 1.165) is 12.5 Å². The van der Waals surface area contributed by atoms with Gasteiger partial charge in [0.25, 0.3) is 0 Å². The molecule has 1 aliphatic carbocycles. The molecule has 110 valence electrons. The highest BCUT2D eigenvalue weighted by Crippen LogP contribution is 2.24. The first-order valence-corrected chi connectivity index (χ1v) is 7.38. The van der Waals surface area contributed by atoms with Crippen molar-refractivity contribution in [2.24, 2.45) is 11.8 Å². The lowest BCUT2D eigenvalue weighted by atomic mass is 10.0. The van der Waals surface area contributed by atoms with Crippen molar-refractivity contribution in [1.29, 1.82) is 0 Å². The smallest absolute Gasteiger partial charge is 0.234 e. The maximum atomic E-state index is 11.9. The number of carbonyl (C=O) groups is 2. The fourth-order valence-electron chi connectivity index (χ4n) is 2.90. The molecule has 0 aromatic heterocycles. The zero-order valence-corrected chi connectivity index (χ0v) is 12.7. The van der Waals surface area contributed by atoms with E-state index in [1.54, 1.807) is 0 Å². The van der Waals surface area contributed by atoms with E-state index >= 15 is 0 Å². The van der Waals surface area contributed by atoms with Gasteiger partial charge in [-0.05, 0) is 38.6 Å². The summed E-state index contributed by atoms with van der Waals surface area (Å²) in [4.78, 5) is 25.5. The Kier molecular flexibility index (Phi) is 6.49. The number of Topliss-reactive ketones (excluding diaryl/α,β-unsaturated/α-hetero) is 1. The Morgan fingerprint density at radius 2 is 1.84 bits per heavy atom. The molecule has 1 N–H and O–H groups in total. The van der Waals surface area contributed by atoms with Crippen molar-refractivity contribution in [3.63, 3.8) is 0 Å². The molecule has 0 radical (unpaired) electrons. The molecule has 0 aromatic carbocycles. The third-order valence-electron chi connectivity index (χ3n) is 3.88. The van der Waals surface area contributed by atoms with E-state index in [9.17, 15) is 9.59 Å². The van der Waals surface area contributed by atoms with Crippen LogP contribution in [0.1, 0.15) is 46.5 Å². The molecule has 1 atom stereocenters. The molecule has 1 amide bonds. The number of hydrogen-bond acceptors (Lipinski definition) is 3. The van der Waals surface area contributed by atoms with Crippen LogP contribution in [0.25, 0.3) is 0 Å². The quantitative estimate of drug-likeness (QED) is 0.766. The van der Waals surface area contributed by atoms with E-state index < -0.39 is 0 Å². The van der Waals surface area contributed by atoms with Gasteiger partial charge in [-0.15, -0.1) is 0 Å². The first-order chi connectivity index (χ1) is 8.90. The number of ketones is 1. The fourth-order valence-corrected chi connectivity index (χ4v) is 2.90. The first kappa shape index (κ1) is 16.2. The summed E-state index contributed by atoms with van der Waals surface area (Å²) in [6.45, 7) is 6.81. The molecular weight excluding hydrogens is 240 g/mol. The van der Waals surface area contributed by atoms with Crippen LogP contribution in [-0.2, 0) is 9.59 Å². The molecule has 1 fully saturated rings. The summed E-state index contributed by atoms with van der Waals surface area (Å²) in [5, 5.41) is 2.84. The van der Waals surface area contributed by atoms with Gasteiger partial charge in [0.05, 0.1) is 12.6 Å². The van der Waals surface area contributed by atoms with Gasteiger partial charge in [-0.3, -0.25) is 14.5 Å². The average molecular weight is 268 g/mol. The summed E-state index contributed by atoms with van der Waals surface area (Å²) in [6, 6.07) is -0.354. The highest BCUT2D eigenvalue weighted by atomic mass is 16.2. The Labute approximate surface area is 116 Å². The molecule has 0 spiro atoms. The van der Waals surface area contributed by atoms with Crippen LogP contribution in [0.3, 0.4) is 0 Å². The minimum atomic E-state index is -0.354. The Hall–Kier alpha value is -0.900. The molecule has 1 aliphatic rings. The minimum Gasteiger partial charge on any atom is -0.345 e. The number of carbonyl (C=O) groups excluding carboxylic acids is 2. The second-order valence-corrected chi connectivity index (χ2v) is 6.25. The van der Waals surface area contributed by atoms with Gasteiger partial charge in [-0.2, -0.15) is 0 Å². The van der Waals surface area contributed by atoms with Gasteiger partial charge in [-0.25, -0.2) is 0 Å². The Balaban J connectivity index is 2.34. The van der Waals surface area contributed by atoms with E-state index in [-0.39, 0.29) is 23.7 Å². The van der Waals surface area contributed by atoms with E-state index in [4.69, 9.17) is 0 Å². The molecule has 0 aromatic rings. The molecule has 1 rings (SSSR count). The largest absolute Gasteiger partial charge is 0.345 e. The van der Waals surface area contributed by atoms with Crippen molar-refractivity contribution in [2.45, 2.75) is 52.5 Å². The van der Waals surface area contributed by atoms with Crippen LogP contribution in [0, 0.1) is 11.8 Å². The average Bonchev–Trinajstić information content (AvgIpc) is 2.77. The molecule has 4 heteroatoms. The summed E-state index contributed by atoms with van der Waals surface area (Å²) in [5.74, 6) is 0.865. The van der Waals surface area contributed by atoms with Gasteiger partial charge in [0.15, 0.2) is 5.78 Å². The first-order valence-electron chi connectivity index (χ1n) is 7.38. The number of nitrogens with one attached hydrogen (secondary N) is 1. The highest BCUT2D eigenvalue weighted by Gasteiger charge is 2.22. The molecule has 4 nitrogen and oxygen atoms in total. The predicted octanol–water partition coefficient (Wildman–Crippen LogP) is 1.84. The number of rotatable bonds is 7. The highest BCUT2D eigenvalue weighted by molar-refractivity contribution is 5.88. The lowest BCUT2D eigenvalue weighted by Gasteiger charge is -2.23. The van der Waals surface area contributed by atoms with Gasteiger partial charge in [0.2, 0.25) is 5.91 Å². The topological polar surface area (TPSA) is 49.4 Å². The maximum Gasteiger partial charge on any atom is 0.234 e. The summed E-state index contributed by atoms with van der Waals surface area (Å²) < 4.78 is 0. The normalized spacial score (nSPS) is 18.0. The maximum absolute atomic E-state index is 11.9. The Morgan fingerprint density at radius 3 is 2.32 bits per heavy atom. The lowest BCUT2D eigenvalue weighted by Crippen LogP contribution is -2.47. The minimum absolute atomic E-state index is 0.0294. The van der Waals surface area contributed by atoms with Gasteiger partial charge < -0.3 is 5.32 Å². The zero-order valence-electron chi connectivity index (χ0n) is 12.7. The number of nitrogens with zero attached hydrogens (tertiary/aromatic N) is 1. The molecule has 1 saturated carbocycles. The second kappa shape index (κ2) is 7.63. The van der Waals surface area contributed by atoms with Crippen molar-refractivity contribution in [3.8, 4) is 0 Å². The van der Waals surface area contributed by atoms with E-state index in [1.165, 1.54) is 32.6 Å². The monoisotopic (exact) mass is 268 g/mol. The summed E-state index contributed by atoms with van der Waals surface area (Å²) >= 11 is 0. The van der Waals surface area contributed by atoms with Crippen LogP contribution in [0.5, 0.6) is 0 Å². The molecular formula is C15H28N2O2. The lowest BCUT2D eigenvalue weighted by molar-refractivity contribution is -0.128. The molecule has 0 heterocycles. The zero-order chi connectivity index (χ0) is 14.4. The van der Waals surface area contributed by atoms with Gasteiger partial charge in [0, 0.05) is 6.54 Å². The van der Waals surface area contributed by atoms with Crippen molar-refractivity contribution in [3.05, 3.63) is 0 Å². The molecule has 1 unspecified atom stereocenters. The van der Waals surface area contributed by atoms with Crippen LogP contribution < -0.4 is 5.32 Å². The van der Waals surface area contributed by atoms with Crippen LogP contribution >= 0.6 is 0 Å². The number of likely N-dealkylation sites (N-methyl/N-ethyl adjacent to an activating group) is 1. The van der Waals surface area contributed by atoms with Crippen LogP contribution in [0.2, 0.25) is 0 Å². The van der Waals surface area contributed by atoms with Crippen molar-refractivity contribution in [2.75, 3.05) is 20.1 Å². The van der Waals surface area contributed by atoms with Crippen LogP contribution in [0.4, 0.5) is 0 Å². The van der Waals surface area contributed by atoms with E-state index in [2.05, 4.69) is 10.2 Å². The summed E-state index contributed by atoms with van der Waals surface area (Å²) in [7, 11) is 1.98. The summed E-state index contributed by atoms with van der Waals surface area (Å²) in [5.41, 5.74) is 0. The van der Waals surface area contributed by atoms with Crippen LogP contribution in [0.15, 0.2) is 0 Å². The van der Waals surface area contributed by atoms with E-state index in [1.807, 2.05) is 20.9 Å². The predicted molar refractivity (Wildman–Crippen MR) is 76.9 cm³/mol.